The summed E-state index contributed by atoms with van der Waals surface area (Å²) in [6, 6.07) is 2.03. The molecule has 0 amide bonds. The van der Waals surface area contributed by atoms with E-state index >= 15 is 0 Å². The molecule has 0 spiro atoms. The van der Waals surface area contributed by atoms with E-state index in [2.05, 4.69) is 41.0 Å². The van der Waals surface area contributed by atoms with Crippen molar-refractivity contribution >= 4 is 17.6 Å². The summed E-state index contributed by atoms with van der Waals surface area (Å²) >= 11 is 1.82. The van der Waals surface area contributed by atoms with Gasteiger partial charge in [0.1, 0.15) is 16.7 Å². The molecule has 1 heterocycles. The van der Waals surface area contributed by atoms with Crippen LogP contribution in [0, 0.1) is 0 Å². The summed E-state index contributed by atoms with van der Waals surface area (Å²) in [7, 11) is 1.91. The smallest absolute Gasteiger partial charge is 0.132 e. The summed E-state index contributed by atoms with van der Waals surface area (Å²) in [5.41, 5.74) is 0. The first kappa shape index (κ1) is 16.2. The van der Waals surface area contributed by atoms with E-state index in [4.69, 9.17) is 0 Å². The summed E-state index contributed by atoms with van der Waals surface area (Å²) in [6.45, 7) is 9.91. The molecule has 0 bridgehead atoms. The number of aromatic nitrogens is 2. The zero-order valence-corrected chi connectivity index (χ0v) is 13.4. The fourth-order valence-electron chi connectivity index (χ4n) is 1.83. The molecule has 0 radical (unpaired) electrons. The van der Waals surface area contributed by atoms with E-state index in [1.54, 1.807) is 0 Å². The average molecular weight is 282 g/mol. The number of anilines is 1. The van der Waals surface area contributed by atoms with Gasteiger partial charge in [-0.1, -0.05) is 20.8 Å². The highest BCUT2D eigenvalue weighted by molar-refractivity contribution is 7.99. The summed E-state index contributed by atoms with van der Waals surface area (Å²) in [4.78, 5) is 11.5. The minimum atomic E-state index is 0.920. The molecule has 1 aromatic heterocycles. The minimum absolute atomic E-state index is 0.920. The van der Waals surface area contributed by atoms with Crippen LogP contribution in [0.15, 0.2) is 11.1 Å². The Morgan fingerprint density at radius 1 is 1.21 bits per heavy atom. The third-order valence-electron chi connectivity index (χ3n) is 3.03. The molecule has 19 heavy (non-hydrogen) atoms. The molecule has 0 aromatic carbocycles. The van der Waals surface area contributed by atoms with E-state index in [1.807, 2.05) is 24.9 Å². The number of aryl methyl sites for hydroxylation is 1. The van der Waals surface area contributed by atoms with Crippen LogP contribution in [0.1, 0.15) is 33.0 Å². The SMILES string of the molecule is CCCc1nc(NC)cc(SCCN(CC)CC)n1. The fraction of sp³-hybridized carbons (Fsp3) is 0.714. The van der Waals surface area contributed by atoms with Crippen LogP contribution in [0.3, 0.4) is 0 Å². The summed E-state index contributed by atoms with van der Waals surface area (Å²) in [5, 5.41) is 4.19. The maximum atomic E-state index is 4.61. The Hall–Kier alpha value is -0.810. The fourth-order valence-corrected chi connectivity index (χ4v) is 2.75. The second-order valence-corrected chi connectivity index (χ2v) is 5.50. The Morgan fingerprint density at radius 3 is 2.53 bits per heavy atom. The second-order valence-electron chi connectivity index (χ2n) is 4.38. The lowest BCUT2D eigenvalue weighted by Crippen LogP contribution is -2.25. The third-order valence-corrected chi connectivity index (χ3v) is 3.92. The molecule has 1 aromatic rings. The van der Waals surface area contributed by atoms with Gasteiger partial charge in [-0.15, -0.1) is 11.8 Å². The molecular formula is C14H26N4S. The summed E-state index contributed by atoms with van der Waals surface area (Å²) < 4.78 is 0. The molecule has 0 saturated carbocycles. The molecule has 0 aliphatic rings. The molecule has 1 rings (SSSR count). The Kier molecular flexibility index (Phi) is 7.82. The van der Waals surface area contributed by atoms with Gasteiger partial charge >= 0.3 is 0 Å². The zero-order chi connectivity index (χ0) is 14.1. The van der Waals surface area contributed by atoms with Gasteiger partial charge in [-0.2, -0.15) is 0 Å². The maximum Gasteiger partial charge on any atom is 0.132 e. The number of hydrogen-bond acceptors (Lipinski definition) is 5. The highest BCUT2D eigenvalue weighted by Crippen LogP contribution is 2.19. The van der Waals surface area contributed by atoms with Gasteiger partial charge in [-0.05, 0) is 19.5 Å². The van der Waals surface area contributed by atoms with E-state index in [-0.39, 0.29) is 0 Å². The standard InChI is InChI=1S/C14H26N4S/c1-5-8-12-16-13(15-4)11-14(17-12)19-10-9-18(6-2)7-3/h11H,5-10H2,1-4H3,(H,15,16,17). The van der Waals surface area contributed by atoms with Crippen LogP contribution in [-0.4, -0.2) is 47.3 Å². The third kappa shape index (κ3) is 5.78. The molecule has 0 unspecified atom stereocenters. The van der Waals surface area contributed by atoms with Gasteiger partial charge in [0.15, 0.2) is 0 Å². The summed E-state index contributed by atoms with van der Waals surface area (Å²) in [5.74, 6) is 2.94. The molecule has 0 atom stereocenters. The highest BCUT2D eigenvalue weighted by Gasteiger charge is 2.05. The van der Waals surface area contributed by atoms with E-state index in [1.165, 1.54) is 0 Å². The van der Waals surface area contributed by atoms with Gasteiger partial charge in [0.25, 0.3) is 0 Å². The van der Waals surface area contributed by atoms with Crippen molar-refractivity contribution in [1.82, 2.24) is 14.9 Å². The molecule has 0 aliphatic carbocycles. The molecule has 1 N–H and O–H groups in total. The normalized spacial score (nSPS) is 11.0. The predicted octanol–water partition coefficient (Wildman–Crippen LogP) is 2.90. The predicted molar refractivity (Wildman–Crippen MR) is 84.1 cm³/mol. The topological polar surface area (TPSA) is 41.1 Å². The van der Waals surface area contributed by atoms with Crippen molar-refractivity contribution in [1.29, 1.82) is 0 Å². The Balaban J connectivity index is 2.58. The van der Waals surface area contributed by atoms with Crippen LogP contribution in [-0.2, 0) is 6.42 Å². The van der Waals surface area contributed by atoms with E-state index in [9.17, 15) is 0 Å². The van der Waals surface area contributed by atoms with Gasteiger partial charge in [0, 0.05) is 31.8 Å². The Bertz CT molecular complexity index is 366. The number of nitrogens with zero attached hydrogens (tertiary/aromatic N) is 3. The van der Waals surface area contributed by atoms with Crippen molar-refractivity contribution in [2.45, 2.75) is 38.6 Å². The van der Waals surface area contributed by atoms with Gasteiger partial charge in [0.2, 0.25) is 0 Å². The number of thioether (sulfide) groups is 1. The monoisotopic (exact) mass is 282 g/mol. The van der Waals surface area contributed by atoms with Crippen molar-refractivity contribution < 1.29 is 0 Å². The molecule has 4 nitrogen and oxygen atoms in total. The second kappa shape index (κ2) is 9.15. The molecule has 0 fully saturated rings. The lowest BCUT2D eigenvalue weighted by molar-refractivity contribution is 0.324. The lowest BCUT2D eigenvalue weighted by Gasteiger charge is -2.17. The minimum Gasteiger partial charge on any atom is -0.373 e. The quantitative estimate of drug-likeness (QED) is 0.557. The van der Waals surface area contributed by atoms with Crippen LogP contribution in [0.4, 0.5) is 5.82 Å². The van der Waals surface area contributed by atoms with Crippen molar-refractivity contribution in [3.63, 3.8) is 0 Å². The lowest BCUT2D eigenvalue weighted by atomic mass is 10.3. The number of hydrogen-bond donors (Lipinski definition) is 1. The summed E-state index contributed by atoms with van der Waals surface area (Å²) in [6.07, 6.45) is 2.02. The molecule has 108 valence electrons. The van der Waals surface area contributed by atoms with Gasteiger partial charge in [0.05, 0.1) is 0 Å². The van der Waals surface area contributed by atoms with E-state index in [0.717, 1.165) is 54.9 Å². The van der Waals surface area contributed by atoms with Crippen LogP contribution >= 0.6 is 11.8 Å². The van der Waals surface area contributed by atoms with Gasteiger partial charge in [-0.25, -0.2) is 9.97 Å². The van der Waals surface area contributed by atoms with Crippen LogP contribution in [0.25, 0.3) is 0 Å². The molecular weight excluding hydrogens is 256 g/mol. The van der Waals surface area contributed by atoms with Crippen molar-refractivity contribution in [3.05, 3.63) is 11.9 Å². The van der Waals surface area contributed by atoms with Gasteiger partial charge < -0.3 is 10.2 Å². The molecule has 5 heteroatoms. The van der Waals surface area contributed by atoms with Crippen LogP contribution in [0.2, 0.25) is 0 Å². The Morgan fingerprint density at radius 2 is 1.95 bits per heavy atom. The average Bonchev–Trinajstić information content (AvgIpc) is 2.43. The van der Waals surface area contributed by atoms with E-state index < -0.39 is 0 Å². The Labute approximate surface area is 121 Å². The first-order valence-corrected chi connectivity index (χ1v) is 8.12. The number of rotatable bonds is 9. The molecule has 0 saturated heterocycles. The van der Waals surface area contributed by atoms with E-state index in [0.29, 0.717) is 0 Å². The van der Waals surface area contributed by atoms with Crippen molar-refractivity contribution in [2.24, 2.45) is 0 Å². The first-order valence-electron chi connectivity index (χ1n) is 7.14. The number of nitrogens with one attached hydrogen (secondary N) is 1. The zero-order valence-electron chi connectivity index (χ0n) is 12.6. The molecule has 0 aliphatic heterocycles. The first-order chi connectivity index (χ1) is 9.23. The van der Waals surface area contributed by atoms with Gasteiger partial charge in [-0.3, -0.25) is 0 Å². The van der Waals surface area contributed by atoms with Crippen LogP contribution < -0.4 is 5.32 Å². The largest absolute Gasteiger partial charge is 0.373 e. The van der Waals surface area contributed by atoms with Crippen molar-refractivity contribution in [3.8, 4) is 0 Å². The highest BCUT2D eigenvalue weighted by atomic mass is 32.2. The van der Waals surface area contributed by atoms with Crippen molar-refractivity contribution in [2.75, 3.05) is 37.8 Å². The van der Waals surface area contributed by atoms with Crippen LogP contribution in [0.5, 0.6) is 0 Å². The maximum absolute atomic E-state index is 4.61.